The summed E-state index contributed by atoms with van der Waals surface area (Å²) in [6.45, 7) is 3.86. The zero-order valence-corrected chi connectivity index (χ0v) is 16.1. The Hall–Kier alpha value is -3.22. The van der Waals surface area contributed by atoms with Crippen LogP contribution in [0.25, 0.3) is 0 Å². The smallest absolute Gasteiger partial charge is 0.174 e. The molecule has 3 rings (SSSR count). The minimum Gasteiger partial charge on any atom is -0.507 e. The molecule has 0 aliphatic carbocycles. The van der Waals surface area contributed by atoms with Gasteiger partial charge >= 0.3 is 0 Å². The normalized spacial score (nSPS) is 10.8. The fourth-order valence-corrected chi connectivity index (χ4v) is 3.04. The Balaban J connectivity index is 1.64. The van der Waals surface area contributed by atoms with E-state index in [4.69, 9.17) is 4.74 Å². The van der Waals surface area contributed by atoms with Crippen LogP contribution in [0.2, 0.25) is 0 Å². The van der Waals surface area contributed by atoms with Gasteiger partial charge in [0.1, 0.15) is 18.1 Å². The zero-order chi connectivity index (χ0) is 19.9. The van der Waals surface area contributed by atoms with Gasteiger partial charge in [-0.1, -0.05) is 42.8 Å². The minimum atomic E-state index is -0.155. The van der Waals surface area contributed by atoms with Crippen LogP contribution in [0, 0.1) is 0 Å². The highest BCUT2D eigenvalue weighted by atomic mass is 16.5. The lowest BCUT2D eigenvalue weighted by atomic mass is 10.0. The van der Waals surface area contributed by atoms with E-state index < -0.39 is 0 Å². The number of nitrogens with zero attached hydrogens (tertiary/aromatic N) is 3. The molecular formula is C21H24N4O3. The number of Topliss-reactive ketones (excluding diaryl/α,β-unsaturated/α-hetero) is 1. The Kier molecular flexibility index (Phi) is 6.37. The van der Waals surface area contributed by atoms with Crippen molar-refractivity contribution in [2.24, 2.45) is 0 Å². The summed E-state index contributed by atoms with van der Waals surface area (Å²) in [6, 6.07) is 11.5. The molecule has 0 unspecified atom stereocenters. The first-order valence-electron chi connectivity index (χ1n) is 9.37. The fourth-order valence-electron chi connectivity index (χ4n) is 3.04. The number of aryl methyl sites for hydroxylation is 2. The van der Waals surface area contributed by atoms with Crippen molar-refractivity contribution in [2.45, 2.75) is 46.1 Å². The Morgan fingerprint density at radius 3 is 2.46 bits per heavy atom. The van der Waals surface area contributed by atoms with Gasteiger partial charge in [0.15, 0.2) is 11.6 Å². The van der Waals surface area contributed by atoms with Crippen LogP contribution in [0.1, 0.15) is 53.1 Å². The number of carbonyl (C=O) groups excluding carboxylic acids is 1. The number of phenolic OH excluding ortho intramolecular Hbond substituents is 1. The summed E-state index contributed by atoms with van der Waals surface area (Å²) in [7, 11) is 0. The minimum absolute atomic E-state index is 0.0312. The van der Waals surface area contributed by atoms with Crippen molar-refractivity contribution in [3.05, 3.63) is 64.5 Å². The molecule has 7 heteroatoms. The van der Waals surface area contributed by atoms with Crippen LogP contribution in [-0.2, 0) is 25.9 Å². The van der Waals surface area contributed by atoms with Gasteiger partial charge in [-0.2, -0.15) is 5.21 Å². The van der Waals surface area contributed by atoms with Gasteiger partial charge in [0, 0.05) is 12.0 Å². The fraction of sp³-hybridized carbons (Fsp3) is 0.333. The quantitative estimate of drug-likeness (QED) is 0.552. The van der Waals surface area contributed by atoms with E-state index in [0.29, 0.717) is 35.7 Å². The number of ketones is 1. The van der Waals surface area contributed by atoms with Gasteiger partial charge in [-0.3, -0.25) is 4.79 Å². The average Bonchev–Trinajstić information content (AvgIpc) is 3.21. The van der Waals surface area contributed by atoms with E-state index in [0.717, 1.165) is 24.8 Å². The zero-order valence-electron chi connectivity index (χ0n) is 16.1. The highest BCUT2D eigenvalue weighted by Gasteiger charge is 2.16. The first kappa shape index (κ1) is 19.5. The summed E-state index contributed by atoms with van der Waals surface area (Å²) in [5.74, 6) is 1.19. The van der Waals surface area contributed by atoms with E-state index in [2.05, 4.69) is 32.8 Å². The molecule has 0 bridgehead atoms. The lowest BCUT2D eigenvalue weighted by Crippen LogP contribution is -2.02. The number of hydrogen-bond acceptors (Lipinski definition) is 6. The molecule has 0 saturated heterocycles. The van der Waals surface area contributed by atoms with Gasteiger partial charge in [0.05, 0.1) is 5.56 Å². The van der Waals surface area contributed by atoms with Gasteiger partial charge < -0.3 is 9.84 Å². The molecule has 0 radical (unpaired) electrons. The molecule has 0 aliphatic rings. The highest BCUT2D eigenvalue weighted by Crippen LogP contribution is 2.33. The van der Waals surface area contributed by atoms with E-state index in [-0.39, 0.29) is 11.5 Å². The van der Waals surface area contributed by atoms with Gasteiger partial charge in [0.2, 0.25) is 0 Å². The van der Waals surface area contributed by atoms with Gasteiger partial charge in [-0.15, -0.1) is 10.2 Å². The number of H-pyrrole nitrogens is 1. The summed E-state index contributed by atoms with van der Waals surface area (Å²) in [5, 5.41) is 24.3. The Bertz CT molecular complexity index is 922. The van der Waals surface area contributed by atoms with Crippen molar-refractivity contribution in [3.8, 4) is 11.5 Å². The molecule has 1 aromatic heterocycles. The van der Waals surface area contributed by atoms with E-state index in [1.54, 1.807) is 12.1 Å². The molecule has 3 aromatic rings. The SMILES string of the molecule is CCCc1c(OCc2ccc(CCc3nn[nH]n3)cc2)ccc(C(C)=O)c1O. The lowest BCUT2D eigenvalue weighted by molar-refractivity contribution is 0.101. The Labute approximate surface area is 163 Å². The second-order valence-corrected chi connectivity index (χ2v) is 6.68. The molecule has 7 nitrogen and oxygen atoms in total. The molecule has 0 spiro atoms. The van der Waals surface area contributed by atoms with E-state index in [9.17, 15) is 9.90 Å². The Morgan fingerprint density at radius 2 is 1.82 bits per heavy atom. The molecule has 0 aliphatic heterocycles. The molecule has 0 saturated carbocycles. The van der Waals surface area contributed by atoms with Crippen LogP contribution in [0.15, 0.2) is 36.4 Å². The number of phenols is 1. The van der Waals surface area contributed by atoms with E-state index >= 15 is 0 Å². The number of nitrogens with one attached hydrogen (secondary N) is 1. The third-order valence-corrected chi connectivity index (χ3v) is 4.56. The van der Waals surface area contributed by atoms with Crippen molar-refractivity contribution in [1.82, 2.24) is 20.6 Å². The second kappa shape index (κ2) is 9.12. The third-order valence-electron chi connectivity index (χ3n) is 4.56. The summed E-state index contributed by atoms with van der Waals surface area (Å²) in [4.78, 5) is 11.7. The number of rotatable bonds is 9. The Morgan fingerprint density at radius 1 is 1.07 bits per heavy atom. The number of aromatic amines is 1. The predicted octanol–water partition coefficient (Wildman–Crippen LogP) is 3.42. The summed E-state index contributed by atoms with van der Waals surface area (Å²) in [5.41, 5.74) is 3.23. The number of benzene rings is 2. The van der Waals surface area contributed by atoms with Crippen LogP contribution < -0.4 is 4.74 Å². The number of tetrazole rings is 1. The molecule has 1 heterocycles. The molecule has 0 fully saturated rings. The first-order valence-corrected chi connectivity index (χ1v) is 9.37. The number of aromatic nitrogens is 4. The summed E-state index contributed by atoms with van der Waals surface area (Å²) < 4.78 is 5.95. The molecule has 146 valence electrons. The number of aromatic hydroxyl groups is 1. The molecule has 0 atom stereocenters. The van der Waals surface area contributed by atoms with Crippen LogP contribution in [0.5, 0.6) is 11.5 Å². The maximum Gasteiger partial charge on any atom is 0.174 e. The number of ether oxygens (including phenoxy) is 1. The van der Waals surface area contributed by atoms with Crippen molar-refractivity contribution in [2.75, 3.05) is 0 Å². The molecular weight excluding hydrogens is 356 g/mol. The lowest BCUT2D eigenvalue weighted by Gasteiger charge is -2.15. The maximum atomic E-state index is 11.7. The summed E-state index contributed by atoms with van der Waals surface area (Å²) in [6.07, 6.45) is 3.06. The topological polar surface area (TPSA) is 101 Å². The van der Waals surface area contributed by atoms with Gasteiger partial charge in [-0.05, 0) is 43.0 Å². The van der Waals surface area contributed by atoms with Crippen molar-refractivity contribution >= 4 is 5.78 Å². The maximum absolute atomic E-state index is 11.7. The molecule has 2 N–H and O–H groups in total. The van der Waals surface area contributed by atoms with Crippen molar-refractivity contribution in [1.29, 1.82) is 0 Å². The van der Waals surface area contributed by atoms with Gasteiger partial charge in [-0.25, -0.2) is 0 Å². The van der Waals surface area contributed by atoms with E-state index in [1.807, 2.05) is 19.1 Å². The largest absolute Gasteiger partial charge is 0.507 e. The highest BCUT2D eigenvalue weighted by molar-refractivity contribution is 5.97. The standard InChI is InChI=1S/C21H24N4O3/c1-3-4-18-19(11-10-17(14(2)26)21(18)27)28-13-16-7-5-15(6-8-16)9-12-20-22-24-25-23-20/h5-8,10-11,27H,3-4,9,12-13H2,1-2H3,(H,22,23,24,25). The number of hydrogen-bond donors (Lipinski definition) is 2. The van der Waals surface area contributed by atoms with Crippen molar-refractivity contribution in [3.63, 3.8) is 0 Å². The second-order valence-electron chi connectivity index (χ2n) is 6.68. The monoisotopic (exact) mass is 380 g/mol. The van der Waals surface area contributed by atoms with Gasteiger partial charge in [0.25, 0.3) is 0 Å². The third kappa shape index (κ3) is 4.73. The molecule has 0 amide bonds. The predicted molar refractivity (Wildman–Crippen MR) is 104 cm³/mol. The van der Waals surface area contributed by atoms with Crippen LogP contribution >= 0.6 is 0 Å². The molecule has 28 heavy (non-hydrogen) atoms. The van der Waals surface area contributed by atoms with E-state index in [1.165, 1.54) is 12.5 Å². The molecule has 2 aromatic carbocycles. The number of carbonyl (C=O) groups is 1. The van der Waals surface area contributed by atoms with Crippen LogP contribution in [-0.4, -0.2) is 31.5 Å². The van der Waals surface area contributed by atoms with Crippen LogP contribution in [0.3, 0.4) is 0 Å². The van der Waals surface area contributed by atoms with Crippen LogP contribution in [0.4, 0.5) is 0 Å². The first-order chi connectivity index (χ1) is 13.6. The summed E-state index contributed by atoms with van der Waals surface area (Å²) >= 11 is 0. The average molecular weight is 380 g/mol. The van der Waals surface area contributed by atoms with Crippen molar-refractivity contribution < 1.29 is 14.6 Å².